The number of β-amino-alcohol motifs (C(OH)–C–C–N with tert-alkyl or cyclic N) is 1. The van der Waals surface area contributed by atoms with Gasteiger partial charge in [0.15, 0.2) is 11.5 Å². The van der Waals surface area contributed by atoms with Crippen molar-refractivity contribution in [1.82, 2.24) is 29.5 Å². The normalized spacial score (nSPS) is 23.7. The third-order valence-corrected chi connectivity index (χ3v) is 5.48. The van der Waals surface area contributed by atoms with Crippen LogP contribution in [-0.4, -0.2) is 61.0 Å². The van der Waals surface area contributed by atoms with Gasteiger partial charge in [0, 0.05) is 49.5 Å². The lowest BCUT2D eigenvalue weighted by Gasteiger charge is -2.44. The highest BCUT2D eigenvalue weighted by atomic mass is 16.3. The molecular formula is C17H21N7O. The number of nitrogens with one attached hydrogen (secondary N) is 1. The molecule has 0 unspecified atom stereocenters. The van der Waals surface area contributed by atoms with Gasteiger partial charge in [0.2, 0.25) is 0 Å². The summed E-state index contributed by atoms with van der Waals surface area (Å²) in [5.41, 5.74) is 3.79. The summed E-state index contributed by atoms with van der Waals surface area (Å²) in [6.45, 7) is 6.57. The standard InChI is InChI=1S/C17H21N7O/c1-10-14(25)9-23(10)17-16-19-3-4-22(16)11(2)15(21-17)12-5-20-24(8-12)13-6-18-7-13/h3-5,8,10,13-14,18,25H,6-7,9H2,1-2H3/t10-,14+/m0/s1. The van der Waals surface area contributed by atoms with Crippen molar-refractivity contribution in [2.75, 3.05) is 24.5 Å². The SMILES string of the molecule is Cc1c(-c2cnn(C3CNC3)c2)nc(N2C[C@@H](O)[C@@H]2C)c2nccn12. The van der Waals surface area contributed by atoms with Gasteiger partial charge in [-0.05, 0) is 13.8 Å². The monoisotopic (exact) mass is 339 g/mol. The molecule has 2 saturated heterocycles. The quantitative estimate of drug-likeness (QED) is 0.728. The van der Waals surface area contributed by atoms with Gasteiger partial charge < -0.3 is 15.3 Å². The van der Waals surface area contributed by atoms with Gasteiger partial charge in [-0.2, -0.15) is 5.10 Å². The maximum Gasteiger partial charge on any atom is 0.180 e. The van der Waals surface area contributed by atoms with Crippen molar-refractivity contribution >= 4 is 11.5 Å². The summed E-state index contributed by atoms with van der Waals surface area (Å²) < 4.78 is 4.08. The summed E-state index contributed by atoms with van der Waals surface area (Å²) in [4.78, 5) is 11.5. The molecule has 8 heteroatoms. The lowest BCUT2D eigenvalue weighted by Crippen LogP contribution is -2.59. The van der Waals surface area contributed by atoms with E-state index in [0.717, 1.165) is 41.5 Å². The molecule has 25 heavy (non-hydrogen) atoms. The Bertz CT molecular complexity index is 942. The van der Waals surface area contributed by atoms with Gasteiger partial charge in [-0.15, -0.1) is 0 Å². The van der Waals surface area contributed by atoms with Crippen LogP contribution >= 0.6 is 0 Å². The number of aromatic nitrogens is 5. The summed E-state index contributed by atoms with van der Waals surface area (Å²) in [6.07, 6.45) is 7.40. The molecule has 3 aromatic rings. The summed E-state index contributed by atoms with van der Waals surface area (Å²) in [6, 6.07) is 0.475. The van der Waals surface area contributed by atoms with Crippen molar-refractivity contribution in [3.05, 3.63) is 30.5 Å². The number of anilines is 1. The zero-order valence-corrected chi connectivity index (χ0v) is 14.3. The van der Waals surface area contributed by atoms with Crippen LogP contribution in [-0.2, 0) is 0 Å². The molecule has 5 rings (SSSR count). The largest absolute Gasteiger partial charge is 0.389 e. The van der Waals surface area contributed by atoms with Gasteiger partial charge in [-0.25, -0.2) is 9.97 Å². The minimum Gasteiger partial charge on any atom is -0.389 e. The van der Waals surface area contributed by atoms with E-state index in [-0.39, 0.29) is 12.1 Å². The Hall–Kier alpha value is -2.45. The maximum atomic E-state index is 9.89. The predicted molar refractivity (Wildman–Crippen MR) is 93.7 cm³/mol. The van der Waals surface area contributed by atoms with E-state index in [4.69, 9.17) is 4.98 Å². The van der Waals surface area contributed by atoms with Gasteiger partial charge in [-0.1, -0.05) is 0 Å². The fraction of sp³-hybridized carbons (Fsp3) is 0.471. The number of fused-ring (bicyclic) bond motifs is 1. The molecule has 2 aliphatic heterocycles. The van der Waals surface area contributed by atoms with Crippen LogP contribution in [0.2, 0.25) is 0 Å². The van der Waals surface area contributed by atoms with Gasteiger partial charge >= 0.3 is 0 Å². The minimum atomic E-state index is -0.310. The topological polar surface area (TPSA) is 83.5 Å². The maximum absolute atomic E-state index is 9.89. The molecule has 8 nitrogen and oxygen atoms in total. The second kappa shape index (κ2) is 5.27. The number of aliphatic hydroxyl groups excluding tert-OH is 1. The molecule has 3 aromatic heterocycles. The van der Waals surface area contributed by atoms with Crippen LogP contribution in [0.25, 0.3) is 16.9 Å². The third kappa shape index (κ3) is 2.11. The minimum absolute atomic E-state index is 0.0485. The van der Waals surface area contributed by atoms with Crippen molar-refractivity contribution in [2.24, 2.45) is 0 Å². The van der Waals surface area contributed by atoms with E-state index in [0.29, 0.717) is 12.6 Å². The van der Waals surface area contributed by atoms with Crippen LogP contribution < -0.4 is 10.2 Å². The van der Waals surface area contributed by atoms with E-state index in [9.17, 15) is 5.11 Å². The molecule has 0 spiro atoms. The molecule has 5 heterocycles. The molecule has 2 atom stereocenters. The first kappa shape index (κ1) is 14.9. The molecule has 0 bridgehead atoms. The van der Waals surface area contributed by atoms with Crippen LogP contribution in [0.4, 0.5) is 5.82 Å². The number of nitrogens with zero attached hydrogens (tertiary/aromatic N) is 6. The van der Waals surface area contributed by atoms with Crippen LogP contribution in [0, 0.1) is 6.92 Å². The zero-order chi connectivity index (χ0) is 17.1. The molecule has 0 aromatic carbocycles. The van der Waals surface area contributed by atoms with E-state index >= 15 is 0 Å². The Balaban J connectivity index is 1.62. The summed E-state index contributed by atoms with van der Waals surface area (Å²) in [7, 11) is 0. The van der Waals surface area contributed by atoms with Crippen molar-refractivity contribution < 1.29 is 5.11 Å². The van der Waals surface area contributed by atoms with Gasteiger partial charge in [0.25, 0.3) is 0 Å². The highest BCUT2D eigenvalue weighted by Crippen LogP contribution is 2.32. The van der Waals surface area contributed by atoms with Gasteiger partial charge in [0.05, 0.1) is 30.1 Å². The van der Waals surface area contributed by atoms with E-state index in [2.05, 4.69) is 37.8 Å². The lowest BCUT2D eigenvalue weighted by atomic mass is 10.0. The molecule has 2 aliphatic rings. The number of rotatable bonds is 3. The number of imidazole rings is 1. The van der Waals surface area contributed by atoms with Crippen LogP contribution in [0.3, 0.4) is 0 Å². The van der Waals surface area contributed by atoms with Crippen LogP contribution in [0.5, 0.6) is 0 Å². The highest BCUT2D eigenvalue weighted by molar-refractivity contribution is 5.73. The Kier molecular flexibility index (Phi) is 3.13. The zero-order valence-electron chi connectivity index (χ0n) is 14.3. The molecule has 0 saturated carbocycles. The summed E-state index contributed by atoms with van der Waals surface area (Å²) in [5, 5.41) is 17.7. The van der Waals surface area contributed by atoms with Crippen molar-refractivity contribution in [2.45, 2.75) is 32.0 Å². The highest BCUT2D eigenvalue weighted by Gasteiger charge is 2.36. The molecule has 0 amide bonds. The molecule has 130 valence electrons. The molecular weight excluding hydrogens is 318 g/mol. The van der Waals surface area contributed by atoms with E-state index < -0.39 is 0 Å². The Morgan fingerprint density at radius 2 is 2.16 bits per heavy atom. The van der Waals surface area contributed by atoms with Gasteiger partial charge in [-0.3, -0.25) is 9.08 Å². The molecule has 2 N–H and O–H groups in total. The Morgan fingerprint density at radius 1 is 1.32 bits per heavy atom. The third-order valence-electron chi connectivity index (χ3n) is 5.48. The van der Waals surface area contributed by atoms with Crippen LogP contribution in [0.1, 0.15) is 18.7 Å². The van der Waals surface area contributed by atoms with E-state index in [1.807, 2.05) is 24.0 Å². The Morgan fingerprint density at radius 3 is 2.84 bits per heavy atom. The Labute approximate surface area is 145 Å². The van der Waals surface area contributed by atoms with Gasteiger partial charge in [0.1, 0.15) is 0 Å². The fourth-order valence-corrected chi connectivity index (χ4v) is 3.55. The first-order chi connectivity index (χ1) is 12.1. The molecule has 2 fully saturated rings. The molecule has 0 radical (unpaired) electrons. The second-order valence-electron chi connectivity index (χ2n) is 6.97. The van der Waals surface area contributed by atoms with Crippen molar-refractivity contribution in [1.29, 1.82) is 0 Å². The summed E-state index contributed by atoms with van der Waals surface area (Å²) >= 11 is 0. The number of aryl methyl sites for hydroxylation is 1. The number of aliphatic hydroxyl groups is 1. The first-order valence-corrected chi connectivity index (χ1v) is 8.67. The van der Waals surface area contributed by atoms with Crippen molar-refractivity contribution in [3.63, 3.8) is 0 Å². The average Bonchev–Trinajstić information content (AvgIpc) is 3.21. The average molecular weight is 339 g/mol. The lowest BCUT2D eigenvalue weighted by molar-refractivity contribution is 0.0989. The van der Waals surface area contributed by atoms with Crippen molar-refractivity contribution in [3.8, 4) is 11.3 Å². The molecule has 0 aliphatic carbocycles. The number of hydrogen-bond acceptors (Lipinski definition) is 6. The van der Waals surface area contributed by atoms with Crippen LogP contribution in [0.15, 0.2) is 24.8 Å². The van der Waals surface area contributed by atoms with E-state index in [1.165, 1.54) is 0 Å². The first-order valence-electron chi connectivity index (χ1n) is 8.67. The predicted octanol–water partition coefficient (Wildman–Crippen LogP) is 0.615. The smallest absolute Gasteiger partial charge is 0.180 e. The summed E-state index contributed by atoms with van der Waals surface area (Å²) in [5.74, 6) is 0.821. The van der Waals surface area contributed by atoms with E-state index in [1.54, 1.807) is 6.20 Å². The number of hydrogen-bond donors (Lipinski definition) is 2. The second-order valence-corrected chi connectivity index (χ2v) is 6.97. The fourth-order valence-electron chi connectivity index (χ4n) is 3.55.